The second kappa shape index (κ2) is 8.09. The molecule has 3 saturated heterocycles. The van der Waals surface area contributed by atoms with Gasteiger partial charge in [-0.15, -0.1) is 11.3 Å². The zero-order chi connectivity index (χ0) is 17.9. The lowest BCUT2D eigenvalue weighted by Crippen LogP contribution is -2.51. The van der Waals surface area contributed by atoms with Gasteiger partial charge in [0.25, 0.3) is 5.91 Å². The second-order valence-electron chi connectivity index (χ2n) is 7.87. The number of hydrogen-bond acceptors (Lipinski definition) is 4. The fraction of sp³-hybridized carbons (Fsp3) is 0.700. The monoisotopic (exact) mass is 375 g/mol. The van der Waals surface area contributed by atoms with Crippen molar-refractivity contribution in [1.82, 2.24) is 14.7 Å². The maximum Gasteiger partial charge on any atom is 0.263 e. The maximum atomic E-state index is 12.7. The van der Waals surface area contributed by atoms with Crippen LogP contribution in [0.25, 0.3) is 0 Å². The van der Waals surface area contributed by atoms with E-state index in [2.05, 4.69) is 9.80 Å². The van der Waals surface area contributed by atoms with Crippen molar-refractivity contribution < 1.29 is 9.59 Å². The van der Waals surface area contributed by atoms with Gasteiger partial charge in [-0.05, 0) is 56.5 Å². The third kappa shape index (κ3) is 3.81. The molecule has 1 aromatic heterocycles. The molecule has 0 N–H and O–H groups in total. The molecule has 0 spiro atoms. The SMILES string of the molecule is O=C(c1cccs1)N1CCC(N2CCCC(C(=O)N3CCCC3)C2)CC1. The molecule has 4 rings (SSSR count). The zero-order valence-corrected chi connectivity index (χ0v) is 16.3. The van der Waals surface area contributed by atoms with E-state index in [1.807, 2.05) is 22.4 Å². The van der Waals surface area contributed by atoms with E-state index in [4.69, 9.17) is 0 Å². The van der Waals surface area contributed by atoms with Crippen LogP contribution in [0, 0.1) is 5.92 Å². The smallest absolute Gasteiger partial charge is 0.263 e. The average Bonchev–Trinajstić information content (AvgIpc) is 3.41. The molecule has 3 fully saturated rings. The Morgan fingerprint density at radius 3 is 2.38 bits per heavy atom. The molecule has 3 aliphatic heterocycles. The third-order valence-corrected chi connectivity index (χ3v) is 7.08. The van der Waals surface area contributed by atoms with Crippen molar-refractivity contribution >= 4 is 23.2 Å². The first-order chi connectivity index (χ1) is 12.7. The Hall–Kier alpha value is -1.40. The van der Waals surface area contributed by atoms with Gasteiger partial charge in [-0.1, -0.05) is 6.07 Å². The van der Waals surface area contributed by atoms with Crippen molar-refractivity contribution in [1.29, 1.82) is 0 Å². The number of carbonyl (C=O) groups excluding carboxylic acids is 2. The largest absolute Gasteiger partial charge is 0.342 e. The van der Waals surface area contributed by atoms with Gasteiger partial charge in [0.05, 0.1) is 10.8 Å². The normalized spacial score (nSPS) is 25.6. The van der Waals surface area contributed by atoms with Crippen LogP contribution in [0.5, 0.6) is 0 Å². The summed E-state index contributed by atoms with van der Waals surface area (Å²) in [5, 5.41) is 1.96. The van der Waals surface area contributed by atoms with Gasteiger partial charge in [0.2, 0.25) is 5.91 Å². The minimum Gasteiger partial charge on any atom is -0.342 e. The van der Waals surface area contributed by atoms with Gasteiger partial charge in [-0.3, -0.25) is 14.5 Å². The van der Waals surface area contributed by atoms with E-state index in [0.29, 0.717) is 11.9 Å². The van der Waals surface area contributed by atoms with Gasteiger partial charge in [0.15, 0.2) is 0 Å². The van der Waals surface area contributed by atoms with E-state index in [-0.39, 0.29) is 11.8 Å². The summed E-state index contributed by atoms with van der Waals surface area (Å²) in [4.78, 5) is 32.7. The highest BCUT2D eigenvalue weighted by atomic mass is 32.1. The van der Waals surface area contributed by atoms with Gasteiger partial charge in [-0.2, -0.15) is 0 Å². The highest BCUT2D eigenvalue weighted by molar-refractivity contribution is 7.12. The van der Waals surface area contributed by atoms with E-state index in [1.165, 1.54) is 24.2 Å². The number of carbonyl (C=O) groups is 2. The Bertz CT molecular complexity index is 619. The molecular formula is C20H29N3O2S. The van der Waals surface area contributed by atoms with Crippen molar-refractivity contribution in [2.24, 2.45) is 5.92 Å². The van der Waals surface area contributed by atoms with Gasteiger partial charge in [0.1, 0.15) is 0 Å². The number of nitrogens with zero attached hydrogens (tertiary/aromatic N) is 3. The number of hydrogen-bond donors (Lipinski definition) is 0. The first-order valence-electron chi connectivity index (χ1n) is 10.1. The van der Waals surface area contributed by atoms with Crippen molar-refractivity contribution in [2.75, 3.05) is 39.3 Å². The highest BCUT2D eigenvalue weighted by Gasteiger charge is 2.34. The first kappa shape index (κ1) is 18.0. The quantitative estimate of drug-likeness (QED) is 0.816. The summed E-state index contributed by atoms with van der Waals surface area (Å²) in [5.74, 6) is 0.754. The van der Waals surface area contributed by atoms with Gasteiger partial charge in [0, 0.05) is 38.8 Å². The van der Waals surface area contributed by atoms with E-state index in [9.17, 15) is 9.59 Å². The molecule has 0 saturated carbocycles. The van der Waals surface area contributed by atoms with Crippen molar-refractivity contribution in [3.8, 4) is 0 Å². The minimum atomic E-state index is 0.180. The summed E-state index contributed by atoms with van der Waals surface area (Å²) in [6, 6.07) is 4.38. The van der Waals surface area contributed by atoms with Crippen LogP contribution in [0.1, 0.15) is 48.2 Å². The Balaban J connectivity index is 1.30. The summed E-state index contributed by atoms with van der Waals surface area (Å²) in [6.45, 7) is 5.61. The van der Waals surface area contributed by atoms with Crippen LogP contribution >= 0.6 is 11.3 Å². The lowest BCUT2D eigenvalue weighted by atomic mass is 9.93. The van der Waals surface area contributed by atoms with Gasteiger partial charge >= 0.3 is 0 Å². The summed E-state index contributed by atoms with van der Waals surface area (Å²) in [6.07, 6.45) is 6.56. The minimum absolute atomic E-state index is 0.180. The zero-order valence-electron chi connectivity index (χ0n) is 15.4. The molecule has 2 amide bonds. The van der Waals surface area contributed by atoms with E-state index < -0.39 is 0 Å². The van der Waals surface area contributed by atoms with E-state index in [1.54, 1.807) is 0 Å². The maximum absolute atomic E-state index is 12.7. The third-order valence-electron chi connectivity index (χ3n) is 6.22. The standard InChI is InChI=1S/C20H29N3O2S/c24-19(21-9-1-2-10-21)16-5-3-11-23(15-16)17-7-12-22(13-8-17)20(25)18-6-4-14-26-18/h4,6,14,16-17H,1-3,5,7-13,15H2. The van der Waals surface area contributed by atoms with E-state index >= 15 is 0 Å². The topological polar surface area (TPSA) is 43.9 Å². The van der Waals surface area contributed by atoms with Gasteiger partial charge < -0.3 is 9.80 Å². The summed E-state index contributed by atoms with van der Waals surface area (Å²) in [7, 11) is 0. The molecule has 142 valence electrons. The Kier molecular flexibility index (Phi) is 5.60. The first-order valence-corrected chi connectivity index (χ1v) is 11.0. The fourth-order valence-electron chi connectivity index (χ4n) is 4.73. The molecule has 0 aromatic carbocycles. The summed E-state index contributed by atoms with van der Waals surface area (Å²) >= 11 is 1.53. The van der Waals surface area contributed by atoms with Gasteiger partial charge in [-0.25, -0.2) is 0 Å². The van der Waals surface area contributed by atoms with Crippen LogP contribution in [0.2, 0.25) is 0 Å². The Labute approximate surface area is 159 Å². The predicted octanol–water partition coefficient (Wildman–Crippen LogP) is 2.69. The molecule has 1 unspecified atom stereocenters. The summed E-state index contributed by atoms with van der Waals surface area (Å²) in [5.41, 5.74) is 0. The highest BCUT2D eigenvalue weighted by Crippen LogP contribution is 2.27. The molecule has 1 atom stereocenters. The lowest BCUT2D eigenvalue weighted by molar-refractivity contribution is -0.136. The molecule has 0 radical (unpaired) electrons. The molecule has 1 aromatic rings. The van der Waals surface area contributed by atoms with Crippen LogP contribution < -0.4 is 0 Å². The molecule has 4 heterocycles. The number of thiophene rings is 1. The van der Waals surface area contributed by atoms with Crippen LogP contribution in [0.4, 0.5) is 0 Å². The summed E-state index contributed by atoms with van der Waals surface area (Å²) < 4.78 is 0. The van der Waals surface area contributed by atoms with Crippen molar-refractivity contribution in [3.63, 3.8) is 0 Å². The molecule has 0 aliphatic carbocycles. The Morgan fingerprint density at radius 2 is 1.69 bits per heavy atom. The van der Waals surface area contributed by atoms with Crippen LogP contribution in [-0.4, -0.2) is 71.8 Å². The molecule has 5 nitrogen and oxygen atoms in total. The lowest BCUT2D eigenvalue weighted by Gasteiger charge is -2.42. The fourth-order valence-corrected chi connectivity index (χ4v) is 5.42. The number of piperidine rings is 2. The van der Waals surface area contributed by atoms with Crippen LogP contribution in [0.15, 0.2) is 17.5 Å². The number of amides is 2. The molecular weight excluding hydrogens is 346 g/mol. The van der Waals surface area contributed by atoms with Crippen molar-refractivity contribution in [3.05, 3.63) is 22.4 Å². The molecule has 0 bridgehead atoms. The van der Waals surface area contributed by atoms with Crippen LogP contribution in [-0.2, 0) is 4.79 Å². The van der Waals surface area contributed by atoms with Crippen LogP contribution in [0.3, 0.4) is 0 Å². The molecule has 26 heavy (non-hydrogen) atoms. The number of rotatable bonds is 3. The number of likely N-dealkylation sites (tertiary alicyclic amines) is 3. The second-order valence-corrected chi connectivity index (χ2v) is 8.81. The average molecular weight is 376 g/mol. The Morgan fingerprint density at radius 1 is 0.923 bits per heavy atom. The predicted molar refractivity (Wildman–Crippen MR) is 103 cm³/mol. The van der Waals surface area contributed by atoms with E-state index in [0.717, 1.165) is 69.8 Å². The van der Waals surface area contributed by atoms with Crippen molar-refractivity contribution in [2.45, 2.75) is 44.6 Å². The molecule has 6 heteroatoms. The molecule has 3 aliphatic rings.